The highest BCUT2D eigenvalue weighted by molar-refractivity contribution is 5.97. The van der Waals surface area contributed by atoms with Gasteiger partial charge in [0.05, 0.1) is 5.56 Å². The fourth-order valence-corrected chi connectivity index (χ4v) is 2.36. The Kier molecular flexibility index (Phi) is 5.57. The molecule has 21 heavy (non-hydrogen) atoms. The maximum atomic E-state index is 12.2. The van der Waals surface area contributed by atoms with Gasteiger partial charge in [0, 0.05) is 6.54 Å². The number of hydrogen-bond acceptors (Lipinski definition) is 4. The number of carbonyl (C=O) groups is 2. The van der Waals surface area contributed by atoms with Crippen LogP contribution in [-0.4, -0.2) is 38.1 Å². The first kappa shape index (κ1) is 15.3. The molecule has 1 heterocycles. The first-order valence-corrected chi connectivity index (χ1v) is 7.16. The van der Waals surface area contributed by atoms with Crippen LogP contribution in [0.25, 0.3) is 0 Å². The second kappa shape index (κ2) is 7.64. The van der Waals surface area contributed by atoms with Crippen LogP contribution in [0.3, 0.4) is 0 Å². The first-order chi connectivity index (χ1) is 10.2. The number of nitrogens with one attached hydrogen (secondary N) is 2. The molecule has 0 spiro atoms. The Morgan fingerprint density at radius 2 is 2.19 bits per heavy atom. The Labute approximate surface area is 124 Å². The lowest BCUT2D eigenvalue weighted by atomic mass is 9.99. The monoisotopic (exact) mass is 291 g/mol. The van der Waals surface area contributed by atoms with Gasteiger partial charge >= 0.3 is 0 Å². The van der Waals surface area contributed by atoms with E-state index in [4.69, 9.17) is 10.5 Å². The minimum absolute atomic E-state index is 0.194. The summed E-state index contributed by atoms with van der Waals surface area (Å²) in [5.74, 6) is 0.0658. The third kappa shape index (κ3) is 4.75. The van der Waals surface area contributed by atoms with Crippen LogP contribution in [0.2, 0.25) is 0 Å². The van der Waals surface area contributed by atoms with Gasteiger partial charge in [0.15, 0.2) is 6.61 Å². The van der Waals surface area contributed by atoms with Crippen LogP contribution in [0.1, 0.15) is 23.2 Å². The average Bonchev–Trinajstić information content (AvgIpc) is 2.52. The standard InChI is InChI=1S/C15H21N3O3/c16-14(19)10-21-13-6-2-1-5-12(13)15(20)18-9-11-4-3-7-17-8-11/h1-2,5-6,11,17H,3-4,7-10H2,(H2,16,19)(H,18,20). The van der Waals surface area contributed by atoms with Crippen molar-refractivity contribution in [3.05, 3.63) is 29.8 Å². The normalized spacial score (nSPS) is 18.0. The molecule has 1 fully saturated rings. The third-order valence-corrected chi connectivity index (χ3v) is 3.45. The molecule has 2 amide bonds. The van der Waals surface area contributed by atoms with E-state index in [9.17, 15) is 9.59 Å². The fourth-order valence-electron chi connectivity index (χ4n) is 2.36. The molecule has 1 aliphatic heterocycles. The highest BCUT2D eigenvalue weighted by atomic mass is 16.5. The van der Waals surface area contributed by atoms with Crippen LogP contribution in [0, 0.1) is 5.92 Å². The van der Waals surface area contributed by atoms with Crippen LogP contribution >= 0.6 is 0 Å². The largest absolute Gasteiger partial charge is 0.483 e. The summed E-state index contributed by atoms with van der Waals surface area (Å²) in [5.41, 5.74) is 5.47. The highest BCUT2D eigenvalue weighted by Crippen LogP contribution is 2.18. The molecule has 0 aliphatic carbocycles. The molecule has 4 N–H and O–H groups in total. The SMILES string of the molecule is NC(=O)COc1ccccc1C(=O)NCC1CCCNC1. The summed E-state index contributed by atoms with van der Waals surface area (Å²) in [4.78, 5) is 23.0. The van der Waals surface area contributed by atoms with E-state index in [1.165, 1.54) is 0 Å². The topological polar surface area (TPSA) is 93.5 Å². The number of primary amides is 1. The van der Waals surface area contributed by atoms with Gasteiger partial charge in [-0.05, 0) is 44.0 Å². The van der Waals surface area contributed by atoms with Crippen molar-refractivity contribution in [2.75, 3.05) is 26.2 Å². The Balaban J connectivity index is 1.92. The Bertz CT molecular complexity index is 499. The van der Waals surface area contributed by atoms with Crippen molar-refractivity contribution >= 4 is 11.8 Å². The molecular formula is C15H21N3O3. The molecule has 0 aromatic heterocycles. The van der Waals surface area contributed by atoms with Crippen molar-refractivity contribution in [2.45, 2.75) is 12.8 Å². The van der Waals surface area contributed by atoms with Gasteiger partial charge < -0.3 is 21.1 Å². The van der Waals surface area contributed by atoms with E-state index in [0.29, 0.717) is 23.8 Å². The summed E-state index contributed by atoms with van der Waals surface area (Å²) in [7, 11) is 0. The number of amides is 2. The van der Waals surface area contributed by atoms with Crippen molar-refractivity contribution < 1.29 is 14.3 Å². The summed E-state index contributed by atoms with van der Waals surface area (Å²) >= 11 is 0. The van der Waals surface area contributed by atoms with Crippen molar-refractivity contribution in [2.24, 2.45) is 11.7 Å². The van der Waals surface area contributed by atoms with E-state index in [1.54, 1.807) is 24.3 Å². The number of benzene rings is 1. The summed E-state index contributed by atoms with van der Waals surface area (Å²) in [5, 5.41) is 6.24. The summed E-state index contributed by atoms with van der Waals surface area (Å²) < 4.78 is 5.26. The molecular weight excluding hydrogens is 270 g/mol. The van der Waals surface area contributed by atoms with E-state index in [1.807, 2.05) is 0 Å². The van der Waals surface area contributed by atoms with Crippen molar-refractivity contribution in [1.29, 1.82) is 0 Å². The van der Waals surface area contributed by atoms with E-state index in [2.05, 4.69) is 10.6 Å². The summed E-state index contributed by atoms with van der Waals surface area (Å²) in [6.45, 7) is 2.38. The van der Waals surface area contributed by atoms with Gasteiger partial charge in [-0.2, -0.15) is 0 Å². The Hall–Kier alpha value is -2.08. The fraction of sp³-hybridized carbons (Fsp3) is 0.467. The molecule has 1 aromatic carbocycles. The van der Waals surface area contributed by atoms with Crippen LogP contribution < -0.4 is 21.1 Å². The quantitative estimate of drug-likeness (QED) is 0.702. The first-order valence-electron chi connectivity index (χ1n) is 7.16. The average molecular weight is 291 g/mol. The molecule has 114 valence electrons. The zero-order valence-corrected chi connectivity index (χ0v) is 11.9. The molecule has 6 heteroatoms. The van der Waals surface area contributed by atoms with E-state index in [-0.39, 0.29) is 12.5 Å². The predicted octanol–water partition coefficient (Wildman–Crippen LogP) is 0.280. The van der Waals surface area contributed by atoms with Crippen molar-refractivity contribution in [3.8, 4) is 5.75 Å². The molecule has 0 bridgehead atoms. The minimum Gasteiger partial charge on any atom is -0.483 e. The van der Waals surface area contributed by atoms with Crippen LogP contribution in [0.15, 0.2) is 24.3 Å². The number of carbonyl (C=O) groups excluding carboxylic acids is 2. The number of piperidine rings is 1. The van der Waals surface area contributed by atoms with Crippen LogP contribution in [0.5, 0.6) is 5.75 Å². The van der Waals surface area contributed by atoms with Gasteiger partial charge in [0.1, 0.15) is 5.75 Å². The lowest BCUT2D eigenvalue weighted by Crippen LogP contribution is -2.38. The number of nitrogens with two attached hydrogens (primary N) is 1. The second-order valence-electron chi connectivity index (χ2n) is 5.17. The van der Waals surface area contributed by atoms with Gasteiger partial charge in [0.2, 0.25) is 0 Å². The lowest BCUT2D eigenvalue weighted by molar-refractivity contribution is -0.119. The number of ether oxygens (including phenoxy) is 1. The van der Waals surface area contributed by atoms with Gasteiger partial charge in [-0.15, -0.1) is 0 Å². The van der Waals surface area contributed by atoms with E-state index >= 15 is 0 Å². The molecule has 2 rings (SSSR count). The third-order valence-electron chi connectivity index (χ3n) is 3.45. The van der Waals surface area contributed by atoms with E-state index < -0.39 is 5.91 Å². The highest BCUT2D eigenvalue weighted by Gasteiger charge is 2.16. The summed E-state index contributed by atoms with van der Waals surface area (Å²) in [6.07, 6.45) is 2.26. The molecule has 1 atom stereocenters. The molecule has 6 nitrogen and oxygen atoms in total. The number of hydrogen-bond donors (Lipinski definition) is 3. The molecule has 0 saturated carbocycles. The van der Waals surface area contributed by atoms with Gasteiger partial charge in [0.25, 0.3) is 11.8 Å². The maximum absolute atomic E-state index is 12.2. The van der Waals surface area contributed by atoms with Crippen molar-refractivity contribution in [1.82, 2.24) is 10.6 Å². The van der Waals surface area contributed by atoms with Gasteiger partial charge in [-0.25, -0.2) is 0 Å². The maximum Gasteiger partial charge on any atom is 0.255 e. The molecule has 1 saturated heterocycles. The van der Waals surface area contributed by atoms with Gasteiger partial charge in [-0.3, -0.25) is 9.59 Å². The predicted molar refractivity (Wildman–Crippen MR) is 79.1 cm³/mol. The zero-order chi connectivity index (χ0) is 15.1. The van der Waals surface area contributed by atoms with Crippen LogP contribution in [-0.2, 0) is 4.79 Å². The van der Waals surface area contributed by atoms with Crippen molar-refractivity contribution in [3.63, 3.8) is 0 Å². The second-order valence-corrected chi connectivity index (χ2v) is 5.17. The molecule has 1 aliphatic rings. The molecule has 1 aromatic rings. The Morgan fingerprint density at radius 3 is 2.90 bits per heavy atom. The summed E-state index contributed by atoms with van der Waals surface area (Å²) in [6, 6.07) is 6.83. The van der Waals surface area contributed by atoms with Crippen LogP contribution in [0.4, 0.5) is 0 Å². The Morgan fingerprint density at radius 1 is 1.38 bits per heavy atom. The number of para-hydroxylation sites is 1. The molecule has 1 unspecified atom stereocenters. The zero-order valence-electron chi connectivity index (χ0n) is 11.9. The smallest absolute Gasteiger partial charge is 0.255 e. The van der Waals surface area contributed by atoms with Gasteiger partial charge in [-0.1, -0.05) is 12.1 Å². The minimum atomic E-state index is -0.571. The number of rotatable bonds is 6. The van der Waals surface area contributed by atoms with E-state index in [0.717, 1.165) is 25.9 Å². The molecule has 0 radical (unpaired) electrons. The lowest BCUT2D eigenvalue weighted by Gasteiger charge is -2.23.